The number of carbonyl (C=O) groups is 1. The lowest BCUT2D eigenvalue weighted by molar-refractivity contribution is -0.143. The third kappa shape index (κ3) is 5.05. The fourth-order valence-corrected chi connectivity index (χ4v) is 4.19. The molecule has 1 unspecified atom stereocenters. The second-order valence-electron chi connectivity index (χ2n) is 8.29. The zero-order valence-electron chi connectivity index (χ0n) is 18.0. The molecule has 32 heavy (non-hydrogen) atoms. The van der Waals surface area contributed by atoms with E-state index in [4.69, 9.17) is 20.9 Å². The first-order valence-electron chi connectivity index (χ1n) is 10.8. The van der Waals surface area contributed by atoms with Crippen LogP contribution in [0.25, 0.3) is 22.8 Å². The van der Waals surface area contributed by atoms with E-state index in [0.29, 0.717) is 28.9 Å². The highest BCUT2D eigenvalue weighted by Gasteiger charge is 2.30. The largest absolute Gasteiger partial charge is 0.489 e. The number of anilines is 1. The van der Waals surface area contributed by atoms with Gasteiger partial charge in [0.05, 0.1) is 17.0 Å². The van der Waals surface area contributed by atoms with Crippen molar-refractivity contribution in [2.45, 2.75) is 51.7 Å². The number of aromatic nitrogens is 2. The smallest absolute Gasteiger partial charge is 0.308 e. The Bertz CT molecular complexity index is 1080. The zero-order chi connectivity index (χ0) is 22.7. The van der Waals surface area contributed by atoms with Crippen LogP contribution < -0.4 is 10.1 Å². The normalized spacial score (nSPS) is 18.5. The molecule has 1 heterocycles. The molecule has 1 aliphatic carbocycles. The van der Waals surface area contributed by atoms with Crippen LogP contribution in [-0.2, 0) is 4.79 Å². The number of hydrogen-bond acceptors (Lipinski definition) is 6. The average molecular weight is 456 g/mol. The first kappa shape index (κ1) is 22.1. The Morgan fingerprint density at radius 1 is 1.16 bits per heavy atom. The molecule has 8 heteroatoms. The molecule has 0 spiro atoms. The summed E-state index contributed by atoms with van der Waals surface area (Å²) in [6.45, 7) is 3.88. The number of hydrogen-bond donors (Lipinski definition) is 2. The summed E-state index contributed by atoms with van der Waals surface area (Å²) in [5.41, 5.74) is 2.38. The van der Waals surface area contributed by atoms with Crippen molar-refractivity contribution in [3.63, 3.8) is 0 Å². The monoisotopic (exact) mass is 455 g/mol. The number of rotatable bonds is 7. The Hall–Kier alpha value is -3.06. The van der Waals surface area contributed by atoms with Crippen molar-refractivity contribution in [2.24, 2.45) is 5.92 Å². The van der Waals surface area contributed by atoms with E-state index in [1.54, 1.807) is 12.1 Å². The zero-order valence-corrected chi connectivity index (χ0v) is 18.8. The van der Waals surface area contributed by atoms with Crippen LogP contribution in [-0.4, -0.2) is 33.4 Å². The van der Waals surface area contributed by atoms with Gasteiger partial charge < -0.3 is 19.7 Å². The summed E-state index contributed by atoms with van der Waals surface area (Å²) in [6.07, 6.45) is 3.60. The van der Waals surface area contributed by atoms with Crippen LogP contribution in [0, 0.1) is 5.92 Å². The minimum absolute atomic E-state index is 0.0284. The molecule has 2 aromatic carbocycles. The van der Waals surface area contributed by atoms with Crippen LogP contribution in [0.2, 0.25) is 5.02 Å². The van der Waals surface area contributed by atoms with Gasteiger partial charge in [0.25, 0.3) is 5.89 Å². The number of halogens is 1. The van der Waals surface area contributed by atoms with Crippen molar-refractivity contribution in [1.82, 2.24) is 10.1 Å². The van der Waals surface area contributed by atoms with Gasteiger partial charge in [-0.05, 0) is 69.2 Å². The molecule has 0 bridgehead atoms. The van der Waals surface area contributed by atoms with Crippen molar-refractivity contribution < 1.29 is 19.2 Å². The molecule has 0 aliphatic heterocycles. The molecule has 4 rings (SSSR count). The van der Waals surface area contributed by atoms with Gasteiger partial charge >= 0.3 is 5.97 Å². The topological polar surface area (TPSA) is 97.5 Å². The number of carboxylic acid groups (broad SMARTS) is 1. The molecule has 0 saturated heterocycles. The predicted molar refractivity (Wildman–Crippen MR) is 123 cm³/mol. The van der Waals surface area contributed by atoms with E-state index in [-0.39, 0.29) is 18.1 Å². The lowest BCUT2D eigenvalue weighted by Gasteiger charge is -2.30. The Labute approximate surface area is 191 Å². The molecule has 1 aromatic heterocycles. The quantitative estimate of drug-likeness (QED) is 0.457. The molecule has 1 saturated carbocycles. The van der Waals surface area contributed by atoms with Gasteiger partial charge in [0.2, 0.25) is 5.82 Å². The second kappa shape index (κ2) is 9.61. The minimum Gasteiger partial charge on any atom is -0.489 e. The Morgan fingerprint density at radius 2 is 1.88 bits per heavy atom. The molecule has 2 atom stereocenters. The van der Waals surface area contributed by atoms with E-state index >= 15 is 0 Å². The Morgan fingerprint density at radius 3 is 2.56 bits per heavy atom. The molecule has 0 amide bonds. The summed E-state index contributed by atoms with van der Waals surface area (Å²) in [6, 6.07) is 12.9. The van der Waals surface area contributed by atoms with Gasteiger partial charge in [-0.1, -0.05) is 29.6 Å². The summed E-state index contributed by atoms with van der Waals surface area (Å²) in [4.78, 5) is 16.0. The maximum atomic E-state index is 11.5. The van der Waals surface area contributed by atoms with E-state index in [9.17, 15) is 9.90 Å². The van der Waals surface area contributed by atoms with Gasteiger partial charge in [0, 0.05) is 22.9 Å². The van der Waals surface area contributed by atoms with Crippen LogP contribution >= 0.6 is 11.6 Å². The summed E-state index contributed by atoms with van der Waals surface area (Å²) < 4.78 is 11.1. The maximum Gasteiger partial charge on any atom is 0.308 e. The van der Waals surface area contributed by atoms with Crippen molar-refractivity contribution in [1.29, 1.82) is 0 Å². The van der Waals surface area contributed by atoms with Crippen molar-refractivity contribution in [3.8, 4) is 28.6 Å². The fourth-order valence-electron chi connectivity index (χ4n) is 3.97. The Kier molecular flexibility index (Phi) is 6.65. The van der Waals surface area contributed by atoms with Gasteiger partial charge in [0.15, 0.2) is 0 Å². The average Bonchev–Trinajstić information content (AvgIpc) is 3.26. The molecular weight excluding hydrogens is 430 g/mol. The molecule has 0 radical (unpaired) electrons. The number of aliphatic carboxylic acids is 1. The number of nitrogens with zero attached hydrogens (tertiary/aromatic N) is 2. The highest BCUT2D eigenvalue weighted by atomic mass is 35.5. The van der Waals surface area contributed by atoms with Gasteiger partial charge in [-0.2, -0.15) is 4.98 Å². The van der Waals surface area contributed by atoms with Gasteiger partial charge in [0.1, 0.15) is 5.75 Å². The summed E-state index contributed by atoms with van der Waals surface area (Å²) in [5.74, 6) is 0.352. The van der Waals surface area contributed by atoms with E-state index in [1.807, 2.05) is 44.2 Å². The lowest BCUT2D eigenvalue weighted by Crippen LogP contribution is -2.37. The van der Waals surface area contributed by atoms with Gasteiger partial charge in [-0.3, -0.25) is 4.79 Å². The molecule has 168 valence electrons. The van der Waals surface area contributed by atoms with E-state index in [1.165, 1.54) is 0 Å². The highest BCUT2D eigenvalue weighted by Crippen LogP contribution is 2.32. The van der Waals surface area contributed by atoms with E-state index in [2.05, 4.69) is 15.5 Å². The standard InChI is InChI=1S/C24H26ClN3O4/c1-14(2)31-21-12-9-16(13-19(21)25)22-27-23(32-28-22)15-7-10-17(11-8-15)26-20-6-4-3-5-18(20)24(29)30/h7-14,18,20,26H,3-6H2,1-2H3,(H,29,30)/t18-,20?/m0/s1. The number of nitrogens with one attached hydrogen (secondary N) is 1. The summed E-state index contributed by atoms with van der Waals surface area (Å²) in [7, 11) is 0. The lowest BCUT2D eigenvalue weighted by atomic mass is 9.84. The Balaban J connectivity index is 1.46. The van der Waals surface area contributed by atoms with Gasteiger partial charge in [-0.15, -0.1) is 0 Å². The molecule has 1 fully saturated rings. The predicted octanol–water partition coefficient (Wildman–Crippen LogP) is 5.90. The number of carboxylic acids is 1. The first-order valence-corrected chi connectivity index (χ1v) is 11.2. The van der Waals surface area contributed by atoms with Crippen LogP contribution in [0.3, 0.4) is 0 Å². The molecule has 1 aliphatic rings. The van der Waals surface area contributed by atoms with Crippen LogP contribution in [0.1, 0.15) is 39.5 Å². The van der Waals surface area contributed by atoms with E-state index in [0.717, 1.165) is 36.1 Å². The van der Waals surface area contributed by atoms with Crippen molar-refractivity contribution >= 4 is 23.3 Å². The molecule has 2 N–H and O–H groups in total. The van der Waals surface area contributed by atoms with Crippen molar-refractivity contribution in [2.75, 3.05) is 5.32 Å². The summed E-state index contributed by atoms with van der Waals surface area (Å²) in [5, 5.41) is 17.4. The van der Waals surface area contributed by atoms with Crippen molar-refractivity contribution in [3.05, 3.63) is 47.5 Å². The first-order chi connectivity index (χ1) is 15.4. The van der Waals surface area contributed by atoms with Crippen LogP contribution in [0.5, 0.6) is 5.75 Å². The maximum absolute atomic E-state index is 11.5. The molecule has 7 nitrogen and oxygen atoms in total. The highest BCUT2D eigenvalue weighted by molar-refractivity contribution is 6.32. The van der Waals surface area contributed by atoms with Gasteiger partial charge in [-0.25, -0.2) is 0 Å². The number of ether oxygens (including phenoxy) is 1. The van der Waals surface area contributed by atoms with Crippen LogP contribution in [0.15, 0.2) is 47.0 Å². The van der Waals surface area contributed by atoms with Crippen LogP contribution in [0.4, 0.5) is 5.69 Å². The SMILES string of the molecule is CC(C)Oc1ccc(-c2noc(-c3ccc(NC4CCCC[C@@H]4C(=O)O)cc3)n2)cc1Cl. The number of benzene rings is 2. The minimum atomic E-state index is -0.735. The fraction of sp³-hybridized carbons (Fsp3) is 0.375. The third-order valence-electron chi connectivity index (χ3n) is 5.55. The van der Waals surface area contributed by atoms with E-state index < -0.39 is 5.97 Å². The third-order valence-corrected chi connectivity index (χ3v) is 5.84. The molecular formula is C24H26ClN3O4. The second-order valence-corrected chi connectivity index (χ2v) is 8.70. The molecule has 3 aromatic rings. The summed E-state index contributed by atoms with van der Waals surface area (Å²) >= 11 is 6.32.